The standard InChI is InChI=1S/C61H119NO5/c1-3-5-7-9-11-13-15-16-17-24-28-31-35-39-43-47-51-55-61(66)67-56-52-48-44-40-36-32-29-26-23-21-19-18-20-22-25-27-30-34-38-42-46-50-54-60(65)62-58(57-63)59(64)53-49-45-41-37-33-14-12-10-8-6-4-2/h49,53,58-59,63-64H,3-48,50-52,54-57H2,1-2H3,(H,62,65)/b53-49+. The van der Waals surface area contributed by atoms with Gasteiger partial charge in [-0.05, 0) is 32.1 Å². The maximum atomic E-state index is 12.4. The maximum absolute atomic E-state index is 12.4. The number of ether oxygens (including phenoxy) is 1. The molecule has 398 valence electrons. The quantitative estimate of drug-likeness (QED) is 0.0321. The number of aliphatic hydroxyl groups excluding tert-OH is 2. The van der Waals surface area contributed by atoms with E-state index in [0.29, 0.717) is 19.4 Å². The maximum Gasteiger partial charge on any atom is 0.305 e. The van der Waals surface area contributed by atoms with Crippen LogP contribution in [-0.2, 0) is 14.3 Å². The van der Waals surface area contributed by atoms with Crippen LogP contribution in [0.15, 0.2) is 12.2 Å². The number of nitrogens with one attached hydrogen (secondary N) is 1. The molecule has 2 unspecified atom stereocenters. The lowest BCUT2D eigenvalue weighted by atomic mass is 10.0. The highest BCUT2D eigenvalue weighted by Gasteiger charge is 2.18. The van der Waals surface area contributed by atoms with E-state index in [4.69, 9.17) is 4.74 Å². The Labute approximate surface area is 419 Å². The van der Waals surface area contributed by atoms with Crippen LogP contribution in [0, 0.1) is 0 Å². The first-order valence-corrected chi connectivity index (χ1v) is 30.5. The summed E-state index contributed by atoms with van der Waals surface area (Å²) in [5.41, 5.74) is 0. The van der Waals surface area contributed by atoms with E-state index in [2.05, 4.69) is 19.2 Å². The first-order chi connectivity index (χ1) is 33.0. The van der Waals surface area contributed by atoms with Gasteiger partial charge in [-0.1, -0.05) is 309 Å². The Kier molecular flexibility index (Phi) is 56.0. The van der Waals surface area contributed by atoms with Crippen molar-refractivity contribution in [3.8, 4) is 0 Å². The van der Waals surface area contributed by atoms with Gasteiger partial charge in [0.15, 0.2) is 0 Å². The van der Waals surface area contributed by atoms with E-state index in [0.717, 1.165) is 38.5 Å². The molecule has 0 saturated heterocycles. The van der Waals surface area contributed by atoms with Crippen LogP contribution in [0.3, 0.4) is 0 Å². The van der Waals surface area contributed by atoms with Crippen LogP contribution < -0.4 is 5.32 Å². The first-order valence-electron chi connectivity index (χ1n) is 30.5. The van der Waals surface area contributed by atoms with Crippen LogP contribution >= 0.6 is 0 Å². The molecule has 0 saturated carbocycles. The molecule has 67 heavy (non-hydrogen) atoms. The molecule has 1 amide bonds. The molecule has 2 atom stereocenters. The average molecular weight is 947 g/mol. The van der Waals surface area contributed by atoms with Crippen molar-refractivity contribution in [1.29, 1.82) is 0 Å². The second-order valence-corrected chi connectivity index (χ2v) is 21.0. The highest BCUT2D eigenvalue weighted by atomic mass is 16.5. The van der Waals surface area contributed by atoms with Crippen LogP contribution in [0.2, 0.25) is 0 Å². The van der Waals surface area contributed by atoms with Gasteiger partial charge in [-0.25, -0.2) is 0 Å². The topological polar surface area (TPSA) is 95.9 Å². The number of hydrogen-bond donors (Lipinski definition) is 3. The lowest BCUT2D eigenvalue weighted by molar-refractivity contribution is -0.143. The van der Waals surface area contributed by atoms with Gasteiger partial charge in [-0.2, -0.15) is 0 Å². The molecule has 0 spiro atoms. The van der Waals surface area contributed by atoms with Crippen LogP contribution in [0.25, 0.3) is 0 Å². The molecule has 0 rings (SSSR count). The molecule has 0 aliphatic rings. The molecule has 0 aromatic rings. The molecule has 3 N–H and O–H groups in total. The third-order valence-electron chi connectivity index (χ3n) is 14.3. The Balaban J connectivity index is 3.35. The number of hydrogen-bond acceptors (Lipinski definition) is 5. The lowest BCUT2D eigenvalue weighted by Crippen LogP contribution is -2.45. The molecular weight excluding hydrogens is 827 g/mol. The minimum absolute atomic E-state index is 0.0171. The summed E-state index contributed by atoms with van der Waals surface area (Å²) in [5, 5.41) is 23.0. The van der Waals surface area contributed by atoms with Crippen LogP contribution in [0.5, 0.6) is 0 Å². The zero-order valence-electron chi connectivity index (χ0n) is 45.4. The van der Waals surface area contributed by atoms with Gasteiger partial charge in [-0.15, -0.1) is 0 Å². The Morgan fingerprint density at radius 1 is 0.403 bits per heavy atom. The van der Waals surface area contributed by atoms with Crippen molar-refractivity contribution in [2.75, 3.05) is 13.2 Å². The van der Waals surface area contributed by atoms with E-state index in [1.807, 2.05) is 6.08 Å². The van der Waals surface area contributed by atoms with Crippen molar-refractivity contribution in [2.24, 2.45) is 0 Å². The van der Waals surface area contributed by atoms with Crippen molar-refractivity contribution in [2.45, 2.75) is 353 Å². The number of carbonyl (C=O) groups excluding carboxylic acids is 2. The van der Waals surface area contributed by atoms with Crippen molar-refractivity contribution in [3.05, 3.63) is 12.2 Å². The fourth-order valence-corrected chi connectivity index (χ4v) is 9.64. The highest BCUT2D eigenvalue weighted by molar-refractivity contribution is 5.76. The Bertz CT molecular complexity index is 1000. The molecule has 0 fully saturated rings. The van der Waals surface area contributed by atoms with Gasteiger partial charge in [0.2, 0.25) is 5.91 Å². The normalized spacial score (nSPS) is 12.6. The third-order valence-corrected chi connectivity index (χ3v) is 14.3. The smallest absolute Gasteiger partial charge is 0.305 e. The van der Waals surface area contributed by atoms with Crippen molar-refractivity contribution < 1.29 is 24.5 Å². The molecular formula is C61H119NO5. The van der Waals surface area contributed by atoms with Gasteiger partial charge in [0.25, 0.3) is 0 Å². The van der Waals surface area contributed by atoms with Gasteiger partial charge in [0, 0.05) is 12.8 Å². The van der Waals surface area contributed by atoms with Gasteiger partial charge in [-0.3, -0.25) is 9.59 Å². The van der Waals surface area contributed by atoms with Crippen molar-refractivity contribution in [3.63, 3.8) is 0 Å². The van der Waals surface area contributed by atoms with Crippen LogP contribution in [0.4, 0.5) is 0 Å². The molecule has 0 aliphatic heterocycles. The van der Waals surface area contributed by atoms with E-state index >= 15 is 0 Å². The Morgan fingerprint density at radius 3 is 1.01 bits per heavy atom. The van der Waals surface area contributed by atoms with Gasteiger partial charge in [0.05, 0.1) is 25.4 Å². The number of amides is 1. The summed E-state index contributed by atoms with van der Waals surface area (Å²) >= 11 is 0. The average Bonchev–Trinajstić information content (AvgIpc) is 3.33. The molecule has 6 nitrogen and oxygen atoms in total. The molecule has 0 bridgehead atoms. The minimum Gasteiger partial charge on any atom is -0.466 e. The number of unbranched alkanes of at least 4 members (excludes halogenated alkanes) is 46. The summed E-state index contributed by atoms with van der Waals surface area (Å²) < 4.78 is 5.50. The summed E-state index contributed by atoms with van der Waals surface area (Å²) in [6.07, 6.45) is 68.3. The summed E-state index contributed by atoms with van der Waals surface area (Å²) in [6.45, 7) is 4.91. The van der Waals surface area contributed by atoms with E-state index < -0.39 is 12.1 Å². The number of aliphatic hydroxyl groups is 2. The highest BCUT2D eigenvalue weighted by Crippen LogP contribution is 2.18. The minimum atomic E-state index is -0.842. The SMILES string of the molecule is CCCCCCCCCCC/C=C/C(O)C(CO)NC(=O)CCCCCCCCCCCCCCCCCCCCCCCCOC(=O)CCCCCCCCCCCCCCCCCCC. The number of esters is 1. The lowest BCUT2D eigenvalue weighted by Gasteiger charge is -2.20. The molecule has 0 aromatic carbocycles. The number of carbonyl (C=O) groups is 2. The van der Waals surface area contributed by atoms with Gasteiger partial charge in [0.1, 0.15) is 0 Å². The molecule has 0 heterocycles. The van der Waals surface area contributed by atoms with Crippen molar-refractivity contribution >= 4 is 11.9 Å². The zero-order chi connectivity index (χ0) is 48.6. The van der Waals surface area contributed by atoms with Gasteiger partial charge < -0.3 is 20.3 Å². The predicted molar refractivity (Wildman–Crippen MR) is 292 cm³/mol. The summed E-state index contributed by atoms with van der Waals surface area (Å²) in [5.74, 6) is -0.0509. The summed E-state index contributed by atoms with van der Waals surface area (Å²) in [7, 11) is 0. The second-order valence-electron chi connectivity index (χ2n) is 21.0. The largest absolute Gasteiger partial charge is 0.466 e. The van der Waals surface area contributed by atoms with E-state index in [1.165, 1.54) is 276 Å². The Hall–Kier alpha value is -1.40. The fraction of sp³-hybridized carbons (Fsp3) is 0.934. The van der Waals surface area contributed by atoms with Gasteiger partial charge >= 0.3 is 5.97 Å². The third kappa shape index (κ3) is 53.8. The first kappa shape index (κ1) is 65.6. The molecule has 0 radical (unpaired) electrons. The Morgan fingerprint density at radius 2 is 0.687 bits per heavy atom. The van der Waals surface area contributed by atoms with Crippen molar-refractivity contribution in [1.82, 2.24) is 5.32 Å². The second kappa shape index (κ2) is 57.2. The summed E-state index contributed by atoms with van der Waals surface area (Å²) in [6, 6.07) is -0.625. The molecule has 0 aliphatic carbocycles. The predicted octanol–water partition coefficient (Wildman–Crippen LogP) is 18.9. The summed E-state index contributed by atoms with van der Waals surface area (Å²) in [4.78, 5) is 24.5. The van der Waals surface area contributed by atoms with Crippen LogP contribution in [-0.4, -0.2) is 47.4 Å². The van der Waals surface area contributed by atoms with Crippen LogP contribution in [0.1, 0.15) is 341 Å². The van der Waals surface area contributed by atoms with E-state index in [1.54, 1.807) is 6.08 Å². The molecule has 0 aromatic heterocycles. The fourth-order valence-electron chi connectivity index (χ4n) is 9.64. The zero-order valence-corrected chi connectivity index (χ0v) is 45.4. The van der Waals surface area contributed by atoms with E-state index in [9.17, 15) is 19.8 Å². The molecule has 6 heteroatoms. The van der Waals surface area contributed by atoms with E-state index in [-0.39, 0.29) is 18.5 Å². The monoisotopic (exact) mass is 946 g/mol. The number of rotatable bonds is 57. The number of allylic oxidation sites excluding steroid dienone is 1.